The van der Waals surface area contributed by atoms with E-state index in [1.54, 1.807) is 7.11 Å². The summed E-state index contributed by atoms with van der Waals surface area (Å²) in [4.78, 5) is 18.2. The molecule has 0 saturated carbocycles. The van der Waals surface area contributed by atoms with Crippen LogP contribution in [-0.4, -0.2) is 38.7 Å². The number of rotatable bonds is 5. The number of fused-ring (bicyclic) bond motifs is 3. The van der Waals surface area contributed by atoms with Crippen LogP contribution in [0.2, 0.25) is 0 Å². The maximum Gasteiger partial charge on any atom is 0.226 e. The Balaban J connectivity index is 1.44. The van der Waals surface area contributed by atoms with Gasteiger partial charge in [-0.05, 0) is 54.8 Å². The van der Waals surface area contributed by atoms with Crippen molar-refractivity contribution in [2.24, 2.45) is 5.92 Å². The van der Waals surface area contributed by atoms with E-state index in [4.69, 9.17) is 4.74 Å². The smallest absolute Gasteiger partial charge is 0.226 e. The van der Waals surface area contributed by atoms with Crippen LogP contribution in [0.25, 0.3) is 0 Å². The van der Waals surface area contributed by atoms with Crippen molar-refractivity contribution in [3.05, 3.63) is 89.7 Å². The van der Waals surface area contributed by atoms with Gasteiger partial charge in [0, 0.05) is 37.1 Å². The minimum absolute atomic E-state index is 0.00128. The fourth-order valence-corrected chi connectivity index (χ4v) is 5.24. The van der Waals surface area contributed by atoms with E-state index in [1.807, 2.05) is 55.5 Å². The number of benzene rings is 3. The summed E-state index contributed by atoms with van der Waals surface area (Å²) in [7, 11) is 1.68. The molecule has 1 amide bonds. The number of ether oxygens (including phenoxy) is 1. The highest BCUT2D eigenvalue weighted by Crippen LogP contribution is 2.39. The summed E-state index contributed by atoms with van der Waals surface area (Å²) in [6, 6.07) is 22.7. The van der Waals surface area contributed by atoms with Gasteiger partial charge >= 0.3 is 0 Å². The maximum absolute atomic E-state index is 13.6. The number of methoxy groups -OCH3 is 1. The van der Waals surface area contributed by atoms with Crippen LogP contribution in [0.1, 0.15) is 24.1 Å². The molecule has 176 valence electrons. The number of nitrogens with one attached hydrogen (secondary N) is 1. The van der Waals surface area contributed by atoms with Crippen LogP contribution in [0.4, 0.5) is 15.8 Å². The molecule has 5 rings (SSSR count). The summed E-state index contributed by atoms with van der Waals surface area (Å²) in [5, 5.41) is 3.26. The highest BCUT2D eigenvalue weighted by molar-refractivity contribution is 5.83. The Hall–Kier alpha value is -3.54. The number of amides is 1. The van der Waals surface area contributed by atoms with Gasteiger partial charge < -0.3 is 19.9 Å². The van der Waals surface area contributed by atoms with E-state index in [0.717, 1.165) is 35.8 Å². The van der Waals surface area contributed by atoms with E-state index in [-0.39, 0.29) is 29.7 Å². The number of hydrogen-bond donors (Lipinski definition) is 1. The van der Waals surface area contributed by atoms with E-state index in [0.29, 0.717) is 13.0 Å². The minimum Gasteiger partial charge on any atom is -0.497 e. The number of carbonyl (C=O) groups is 1. The predicted octanol–water partition coefficient (Wildman–Crippen LogP) is 4.58. The molecule has 2 aliphatic heterocycles. The molecule has 0 radical (unpaired) electrons. The molecule has 0 aromatic heterocycles. The molecule has 1 saturated heterocycles. The molecular weight excluding hydrogens is 429 g/mol. The molecule has 1 N–H and O–H groups in total. The molecule has 3 atom stereocenters. The number of anilines is 2. The van der Waals surface area contributed by atoms with Gasteiger partial charge in [0.2, 0.25) is 5.91 Å². The largest absolute Gasteiger partial charge is 0.497 e. The monoisotopic (exact) mass is 459 g/mol. The number of halogens is 1. The third-order valence-electron chi connectivity index (χ3n) is 7.11. The molecule has 2 heterocycles. The Morgan fingerprint density at radius 1 is 1.06 bits per heavy atom. The molecule has 34 heavy (non-hydrogen) atoms. The van der Waals surface area contributed by atoms with Gasteiger partial charge in [-0.15, -0.1) is 0 Å². The predicted molar refractivity (Wildman–Crippen MR) is 133 cm³/mol. The second-order valence-corrected chi connectivity index (χ2v) is 9.13. The quantitative estimate of drug-likeness (QED) is 0.607. The van der Waals surface area contributed by atoms with Gasteiger partial charge in [0.1, 0.15) is 11.6 Å². The Bertz CT molecular complexity index is 1150. The van der Waals surface area contributed by atoms with E-state index >= 15 is 0 Å². The Kier molecular flexibility index (Phi) is 6.14. The first kappa shape index (κ1) is 22.3. The normalized spacial score (nSPS) is 20.2. The standard InChI is InChI=1S/C28H30FN3O2/c1-19(20-6-4-3-5-7-20)30-28(33)25-16-21-8-13-24(34-2)17-26(21)32-15-14-31(18-27(25)32)23-11-9-22(29)10-12-23/h3-13,17,19,25,27H,14-16,18H2,1-2H3,(H,30,33)/t19-,25+,27-/m1/s1. The minimum atomic E-state index is -0.242. The Morgan fingerprint density at radius 3 is 2.56 bits per heavy atom. The van der Waals surface area contributed by atoms with Crippen LogP contribution in [0.5, 0.6) is 5.75 Å². The molecule has 0 spiro atoms. The van der Waals surface area contributed by atoms with Gasteiger partial charge in [0.05, 0.1) is 25.1 Å². The van der Waals surface area contributed by atoms with Crippen LogP contribution in [0, 0.1) is 11.7 Å². The van der Waals surface area contributed by atoms with Crippen LogP contribution in [-0.2, 0) is 11.2 Å². The van der Waals surface area contributed by atoms with E-state index < -0.39 is 0 Å². The van der Waals surface area contributed by atoms with Gasteiger partial charge in [-0.25, -0.2) is 4.39 Å². The van der Waals surface area contributed by atoms with Crippen molar-refractivity contribution in [1.82, 2.24) is 5.32 Å². The second kappa shape index (κ2) is 9.37. The van der Waals surface area contributed by atoms with Crippen LogP contribution < -0.4 is 19.9 Å². The highest BCUT2D eigenvalue weighted by atomic mass is 19.1. The first-order valence-corrected chi connectivity index (χ1v) is 11.8. The summed E-state index contributed by atoms with van der Waals surface area (Å²) in [6.07, 6.45) is 0.672. The Morgan fingerprint density at radius 2 is 1.82 bits per heavy atom. The topological polar surface area (TPSA) is 44.8 Å². The summed E-state index contributed by atoms with van der Waals surface area (Å²) in [5.74, 6) is 0.441. The number of nitrogens with zero attached hydrogens (tertiary/aromatic N) is 2. The van der Waals surface area contributed by atoms with E-state index in [9.17, 15) is 9.18 Å². The van der Waals surface area contributed by atoms with Crippen molar-refractivity contribution in [2.45, 2.75) is 25.4 Å². The molecule has 3 aromatic carbocycles. The van der Waals surface area contributed by atoms with Crippen LogP contribution in [0.15, 0.2) is 72.8 Å². The first-order chi connectivity index (χ1) is 16.5. The number of piperazine rings is 1. The van der Waals surface area contributed by atoms with Crippen LogP contribution >= 0.6 is 0 Å². The third kappa shape index (κ3) is 4.32. The lowest BCUT2D eigenvalue weighted by Crippen LogP contribution is -2.61. The molecular formula is C28H30FN3O2. The molecule has 5 nitrogen and oxygen atoms in total. The van der Waals surface area contributed by atoms with Crippen molar-refractivity contribution >= 4 is 17.3 Å². The average molecular weight is 460 g/mol. The first-order valence-electron chi connectivity index (χ1n) is 11.8. The van der Waals surface area contributed by atoms with Crippen molar-refractivity contribution in [2.75, 3.05) is 36.5 Å². The van der Waals surface area contributed by atoms with Crippen molar-refractivity contribution in [3.8, 4) is 5.75 Å². The van der Waals surface area contributed by atoms with Gasteiger partial charge in [-0.3, -0.25) is 4.79 Å². The fraction of sp³-hybridized carbons (Fsp3) is 0.321. The summed E-state index contributed by atoms with van der Waals surface area (Å²) < 4.78 is 19.0. The second-order valence-electron chi connectivity index (χ2n) is 9.13. The van der Waals surface area contributed by atoms with Crippen molar-refractivity contribution in [1.29, 1.82) is 0 Å². The Labute approximate surface area is 200 Å². The van der Waals surface area contributed by atoms with Gasteiger partial charge in [-0.1, -0.05) is 36.4 Å². The molecule has 6 heteroatoms. The van der Waals surface area contributed by atoms with Gasteiger partial charge in [-0.2, -0.15) is 0 Å². The molecule has 2 aliphatic rings. The number of carbonyl (C=O) groups excluding carboxylic acids is 1. The molecule has 0 bridgehead atoms. The average Bonchev–Trinajstić information content (AvgIpc) is 2.88. The lowest BCUT2D eigenvalue weighted by atomic mass is 9.83. The summed E-state index contributed by atoms with van der Waals surface area (Å²) in [6.45, 7) is 4.30. The number of hydrogen-bond acceptors (Lipinski definition) is 4. The zero-order chi connectivity index (χ0) is 23.7. The molecule has 0 aliphatic carbocycles. The fourth-order valence-electron chi connectivity index (χ4n) is 5.24. The SMILES string of the molecule is COc1ccc2c(c1)N1CCN(c3ccc(F)cc3)C[C@@H]1[C@@H](C(=O)N[C@H](C)c1ccccc1)C2. The zero-order valence-corrected chi connectivity index (χ0v) is 19.6. The lowest BCUT2D eigenvalue weighted by molar-refractivity contribution is -0.126. The molecule has 0 unspecified atom stereocenters. The van der Waals surface area contributed by atoms with E-state index in [1.165, 1.54) is 17.7 Å². The third-order valence-corrected chi connectivity index (χ3v) is 7.11. The molecule has 1 fully saturated rings. The highest BCUT2D eigenvalue weighted by Gasteiger charge is 2.42. The van der Waals surface area contributed by atoms with Gasteiger partial charge in [0.25, 0.3) is 0 Å². The van der Waals surface area contributed by atoms with Crippen LogP contribution in [0.3, 0.4) is 0 Å². The summed E-state index contributed by atoms with van der Waals surface area (Å²) >= 11 is 0. The van der Waals surface area contributed by atoms with Gasteiger partial charge in [0.15, 0.2) is 0 Å². The maximum atomic E-state index is 13.6. The zero-order valence-electron chi connectivity index (χ0n) is 19.6. The van der Waals surface area contributed by atoms with Crippen molar-refractivity contribution < 1.29 is 13.9 Å². The van der Waals surface area contributed by atoms with E-state index in [2.05, 4.69) is 27.2 Å². The lowest BCUT2D eigenvalue weighted by Gasteiger charge is -2.49. The van der Waals surface area contributed by atoms with Crippen molar-refractivity contribution in [3.63, 3.8) is 0 Å². The molecule has 3 aromatic rings. The summed E-state index contributed by atoms with van der Waals surface area (Å²) in [5.41, 5.74) is 4.38.